The molecule has 4 bridgehead atoms. The van der Waals surface area contributed by atoms with Crippen LogP contribution < -0.4 is 0 Å². The van der Waals surface area contributed by atoms with Crippen molar-refractivity contribution >= 4 is 17.9 Å². The van der Waals surface area contributed by atoms with Gasteiger partial charge in [0, 0.05) is 17.8 Å². The Morgan fingerprint density at radius 3 is 2.66 bits per heavy atom. The largest absolute Gasteiger partial charge is 0.481 e. The number of aliphatic carboxylic acids is 1. The summed E-state index contributed by atoms with van der Waals surface area (Å²) in [6.07, 6.45) is 0.707. The summed E-state index contributed by atoms with van der Waals surface area (Å²) in [5.41, 5.74) is 4.53. The van der Waals surface area contributed by atoms with Crippen LogP contribution in [-0.4, -0.2) is 35.2 Å². The van der Waals surface area contributed by atoms with E-state index in [1.54, 1.807) is 0 Å². The number of rotatable bonds is 3. The predicted octanol–water partition coefficient (Wildman–Crippen LogP) is 2.60. The van der Waals surface area contributed by atoms with Gasteiger partial charge in [0.1, 0.15) is 12.2 Å². The third kappa shape index (κ3) is 1.66. The van der Waals surface area contributed by atoms with Crippen molar-refractivity contribution in [2.75, 3.05) is 0 Å². The van der Waals surface area contributed by atoms with Gasteiger partial charge in [-0.1, -0.05) is 42.5 Å². The van der Waals surface area contributed by atoms with Crippen molar-refractivity contribution in [1.82, 2.24) is 0 Å². The van der Waals surface area contributed by atoms with Gasteiger partial charge in [-0.3, -0.25) is 14.4 Å². The first kappa shape index (κ1) is 17.4. The minimum Gasteiger partial charge on any atom is -0.481 e. The summed E-state index contributed by atoms with van der Waals surface area (Å²) in [5.74, 6) is -3.47. The van der Waals surface area contributed by atoms with E-state index < -0.39 is 35.3 Å². The maximum atomic E-state index is 13.8. The third-order valence-corrected chi connectivity index (χ3v) is 9.30. The summed E-state index contributed by atoms with van der Waals surface area (Å²) in [7, 11) is 0. The zero-order valence-corrected chi connectivity index (χ0v) is 17.1. The number of carbonyl (C=O) groups excluding carboxylic acids is 2. The van der Waals surface area contributed by atoms with Crippen molar-refractivity contribution in [2.45, 2.75) is 36.4 Å². The first-order valence-corrected chi connectivity index (χ1v) is 11.4. The summed E-state index contributed by atoms with van der Waals surface area (Å²) in [6, 6.07) is 13.9. The fraction of sp³-hybridized carbons (Fsp3) is 0.423. The van der Waals surface area contributed by atoms with E-state index >= 15 is 0 Å². The predicted molar refractivity (Wildman–Crippen MR) is 109 cm³/mol. The van der Waals surface area contributed by atoms with Crippen molar-refractivity contribution in [3.63, 3.8) is 0 Å². The first-order chi connectivity index (χ1) is 15.5. The van der Waals surface area contributed by atoms with Crippen molar-refractivity contribution in [2.24, 2.45) is 29.6 Å². The molecule has 9 rings (SSSR count). The molecule has 6 nitrogen and oxygen atoms in total. The molecule has 3 fully saturated rings. The third-order valence-electron chi connectivity index (χ3n) is 9.30. The zero-order valence-electron chi connectivity index (χ0n) is 17.1. The molecule has 6 heteroatoms. The minimum atomic E-state index is -0.968. The van der Waals surface area contributed by atoms with Gasteiger partial charge in [-0.2, -0.15) is 0 Å². The molecule has 1 aliphatic heterocycles. The summed E-state index contributed by atoms with van der Waals surface area (Å²) in [6.45, 7) is 0. The second kappa shape index (κ2) is 5.25. The van der Waals surface area contributed by atoms with Crippen LogP contribution in [0.3, 0.4) is 0 Å². The Bertz CT molecular complexity index is 1280. The van der Waals surface area contributed by atoms with Gasteiger partial charge in [0.25, 0.3) is 0 Å². The Labute approximate surface area is 183 Å². The number of carboxylic acid groups (broad SMARTS) is 1. The van der Waals surface area contributed by atoms with E-state index in [1.807, 2.05) is 42.5 Å². The molecule has 2 aromatic rings. The number of fused-ring (bicyclic) bond motifs is 2. The second-order valence-electron chi connectivity index (χ2n) is 10.3. The van der Waals surface area contributed by atoms with Crippen molar-refractivity contribution in [3.05, 3.63) is 70.3 Å². The highest BCUT2D eigenvalue weighted by Crippen LogP contribution is 2.73. The normalized spacial score (nSPS) is 42.3. The maximum Gasteiger partial charge on any atom is 0.311 e. The average molecular weight is 428 g/mol. The molecule has 9 unspecified atom stereocenters. The molecule has 0 amide bonds. The molecule has 9 atom stereocenters. The maximum absolute atomic E-state index is 13.8. The molecule has 1 heterocycles. The van der Waals surface area contributed by atoms with Crippen LogP contribution in [0.2, 0.25) is 0 Å². The van der Waals surface area contributed by atoms with Crippen LogP contribution in [0.5, 0.6) is 0 Å². The number of carboxylic acids is 1. The van der Waals surface area contributed by atoms with Gasteiger partial charge >= 0.3 is 17.9 Å². The van der Waals surface area contributed by atoms with E-state index in [-0.39, 0.29) is 35.7 Å². The van der Waals surface area contributed by atoms with Crippen molar-refractivity contribution in [1.29, 1.82) is 0 Å². The zero-order chi connectivity index (χ0) is 21.5. The molecule has 7 aliphatic rings. The molecule has 160 valence electrons. The van der Waals surface area contributed by atoms with Gasteiger partial charge in [-0.25, -0.2) is 0 Å². The molecule has 32 heavy (non-hydrogen) atoms. The minimum absolute atomic E-state index is 0.0573. The number of carbonyl (C=O) groups is 3. The average Bonchev–Trinajstić information content (AvgIpc) is 3.04. The quantitative estimate of drug-likeness (QED) is 0.756. The molecular formula is C26H20O6. The molecular weight excluding hydrogens is 408 g/mol. The fourth-order valence-corrected chi connectivity index (χ4v) is 8.30. The molecule has 1 spiro atoms. The van der Waals surface area contributed by atoms with Gasteiger partial charge < -0.3 is 14.6 Å². The smallest absolute Gasteiger partial charge is 0.311 e. The van der Waals surface area contributed by atoms with Gasteiger partial charge in [-0.05, 0) is 40.7 Å². The standard InChI is InChI=1S/C26H20O6/c27-23(28)18-17-11-4-1-2-6-15(11)26(16-7-3-5-12(17)19(16)26)20(18)25(30)31-21-10-8-13-14(9-10)24(29)32-22(13)21/h1-7,10,13-14,17-18,20-22H,8-9H2,(H,27,28). The van der Waals surface area contributed by atoms with E-state index in [0.29, 0.717) is 6.42 Å². The number of ether oxygens (including phenoxy) is 2. The van der Waals surface area contributed by atoms with Crippen LogP contribution in [-0.2, 0) is 29.3 Å². The number of hydrogen-bond acceptors (Lipinski definition) is 5. The Morgan fingerprint density at radius 2 is 1.81 bits per heavy atom. The summed E-state index contributed by atoms with van der Waals surface area (Å²) in [5, 5.41) is 10.3. The second-order valence-corrected chi connectivity index (χ2v) is 10.3. The van der Waals surface area contributed by atoms with Crippen LogP contribution in [0.4, 0.5) is 0 Å². The van der Waals surface area contributed by atoms with E-state index in [2.05, 4.69) is 0 Å². The lowest BCUT2D eigenvalue weighted by molar-refractivity contribution is -0.172. The fourth-order valence-electron chi connectivity index (χ4n) is 8.30. The van der Waals surface area contributed by atoms with Gasteiger partial charge in [0.2, 0.25) is 0 Å². The van der Waals surface area contributed by atoms with E-state index in [0.717, 1.165) is 34.2 Å². The molecule has 0 aromatic heterocycles. The Balaban J connectivity index is 1.24. The number of hydrogen-bond donors (Lipinski definition) is 1. The Hall–Kier alpha value is -3.15. The highest BCUT2D eigenvalue weighted by atomic mass is 16.6. The highest BCUT2D eigenvalue weighted by molar-refractivity contribution is 5.95. The summed E-state index contributed by atoms with van der Waals surface area (Å²) < 4.78 is 11.7. The topological polar surface area (TPSA) is 89.9 Å². The lowest BCUT2D eigenvalue weighted by Crippen LogP contribution is -2.52. The van der Waals surface area contributed by atoms with Crippen LogP contribution >= 0.6 is 0 Å². The Morgan fingerprint density at radius 1 is 1.03 bits per heavy atom. The lowest BCUT2D eigenvalue weighted by Gasteiger charge is -2.46. The summed E-state index contributed by atoms with van der Waals surface area (Å²) in [4.78, 5) is 38.6. The van der Waals surface area contributed by atoms with Crippen LogP contribution in [0, 0.1) is 29.6 Å². The summed E-state index contributed by atoms with van der Waals surface area (Å²) >= 11 is 0. The number of esters is 2. The van der Waals surface area contributed by atoms with Crippen LogP contribution in [0.1, 0.15) is 46.6 Å². The van der Waals surface area contributed by atoms with E-state index in [9.17, 15) is 19.5 Å². The van der Waals surface area contributed by atoms with E-state index in [1.165, 1.54) is 0 Å². The SMILES string of the molecule is O=C1OC2C3CC(CC13)C2OC(=O)C1C(C(=O)O)C2c3ccccc3C13c1cccc2c13. The van der Waals surface area contributed by atoms with Gasteiger partial charge in [0.15, 0.2) is 0 Å². The van der Waals surface area contributed by atoms with Crippen LogP contribution in [0.15, 0.2) is 42.5 Å². The van der Waals surface area contributed by atoms with Crippen LogP contribution in [0.25, 0.3) is 0 Å². The monoisotopic (exact) mass is 428 g/mol. The number of benzene rings is 2. The molecule has 1 saturated heterocycles. The lowest BCUT2D eigenvalue weighted by atomic mass is 9.55. The van der Waals surface area contributed by atoms with Gasteiger partial charge in [0.05, 0.1) is 23.2 Å². The van der Waals surface area contributed by atoms with Gasteiger partial charge in [-0.15, -0.1) is 0 Å². The molecule has 1 N–H and O–H groups in total. The Kier molecular flexibility index (Phi) is 2.86. The van der Waals surface area contributed by atoms with Crippen molar-refractivity contribution in [3.8, 4) is 0 Å². The molecule has 6 aliphatic carbocycles. The molecule has 0 radical (unpaired) electrons. The van der Waals surface area contributed by atoms with E-state index in [4.69, 9.17) is 9.47 Å². The molecule has 2 saturated carbocycles. The van der Waals surface area contributed by atoms with Crippen molar-refractivity contribution < 1.29 is 29.0 Å². The first-order valence-electron chi connectivity index (χ1n) is 11.4. The highest BCUT2D eigenvalue weighted by Gasteiger charge is 2.73. The molecule has 2 aromatic carbocycles.